The Kier molecular flexibility index (Phi) is 36.3. The lowest BCUT2D eigenvalue weighted by Gasteiger charge is -2.28. The van der Waals surface area contributed by atoms with Crippen molar-refractivity contribution in [2.24, 2.45) is 0 Å². The molecule has 322 valence electrons. The van der Waals surface area contributed by atoms with Crippen molar-refractivity contribution >= 4 is 19.8 Å². The van der Waals surface area contributed by atoms with E-state index in [0.29, 0.717) is 17.4 Å². The number of quaternary nitrogens is 1. The SMILES string of the molecule is CC/C=C\C/C=C\C/C=C\C/C=C\C/C=C\C/C=C\CCC(=O)OC(COC(=O)CCCCCCCCCCCCCCC)COP(=O)([O-])OCC[N+](C)(C)C. The average Bonchev–Trinajstić information content (AvgIpc) is 3.15. The third kappa shape index (κ3) is 41.1. The third-order valence-corrected chi connectivity index (χ3v) is 9.72. The predicted molar refractivity (Wildman–Crippen MR) is 231 cm³/mol. The van der Waals surface area contributed by atoms with Crippen LogP contribution in [-0.4, -0.2) is 70.0 Å². The molecule has 0 aliphatic rings. The number of phosphoric acid groups is 1. The first kappa shape index (κ1) is 53.5. The molecule has 0 radical (unpaired) electrons. The molecule has 0 aromatic heterocycles. The van der Waals surface area contributed by atoms with Gasteiger partial charge >= 0.3 is 11.9 Å². The van der Waals surface area contributed by atoms with Crippen molar-refractivity contribution in [2.45, 2.75) is 161 Å². The molecule has 0 bridgehead atoms. The van der Waals surface area contributed by atoms with Gasteiger partial charge in [0.1, 0.15) is 19.8 Å². The molecular weight excluding hydrogens is 725 g/mol. The van der Waals surface area contributed by atoms with E-state index in [1.165, 1.54) is 64.2 Å². The van der Waals surface area contributed by atoms with Gasteiger partial charge < -0.3 is 27.9 Å². The summed E-state index contributed by atoms with van der Waals surface area (Å²) in [6.45, 7) is 4.01. The highest BCUT2D eigenvalue weighted by molar-refractivity contribution is 7.45. The summed E-state index contributed by atoms with van der Waals surface area (Å²) in [5, 5.41) is 0. The highest BCUT2D eigenvalue weighted by Crippen LogP contribution is 2.38. The molecule has 0 amide bonds. The molecule has 0 spiro atoms. The molecule has 0 fully saturated rings. The smallest absolute Gasteiger partial charge is 0.306 e. The van der Waals surface area contributed by atoms with E-state index in [1.807, 2.05) is 33.3 Å². The maximum atomic E-state index is 12.6. The number of carbonyl (C=O) groups is 2. The Balaban J connectivity index is 4.51. The van der Waals surface area contributed by atoms with E-state index in [4.69, 9.17) is 18.5 Å². The van der Waals surface area contributed by atoms with Gasteiger partial charge in [-0.15, -0.1) is 0 Å². The molecule has 0 aromatic carbocycles. The monoisotopic (exact) mass is 806 g/mol. The first-order valence-electron chi connectivity index (χ1n) is 21.6. The number of carbonyl (C=O) groups excluding carboxylic acids is 2. The molecule has 56 heavy (non-hydrogen) atoms. The molecule has 2 atom stereocenters. The highest BCUT2D eigenvalue weighted by Gasteiger charge is 2.21. The lowest BCUT2D eigenvalue weighted by Crippen LogP contribution is -2.37. The molecule has 0 N–H and O–H groups in total. The topological polar surface area (TPSA) is 111 Å². The molecule has 10 heteroatoms. The van der Waals surface area contributed by atoms with Gasteiger partial charge in [0, 0.05) is 12.8 Å². The minimum absolute atomic E-state index is 0.0468. The van der Waals surface area contributed by atoms with Crippen molar-refractivity contribution in [1.29, 1.82) is 0 Å². The predicted octanol–water partition coefficient (Wildman–Crippen LogP) is 11.6. The second-order valence-electron chi connectivity index (χ2n) is 15.3. The fraction of sp³-hybridized carbons (Fsp3) is 0.696. The summed E-state index contributed by atoms with van der Waals surface area (Å²) in [6, 6.07) is 0. The summed E-state index contributed by atoms with van der Waals surface area (Å²) < 4.78 is 33.8. The first-order valence-corrected chi connectivity index (χ1v) is 23.1. The van der Waals surface area contributed by atoms with E-state index in [9.17, 15) is 19.0 Å². The molecule has 0 heterocycles. The van der Waals surface area contributed by atoms with Gasteiger partial charge in [-0.1, -0.05) is 164 Å². The summed E-state index contributed by atoms with van der Waals surface area (Å²) in [5.41, 5.74) is 0. The normalized spacial score (nSPS) is 14.3. The van der Waals surface area contributed by atoms with Crippen LogP contribution in [0.3, 0.4) is 0 Å². The molecule has 0 aliphatic heterocycles. The van der Waals surface area contributed by atoms with Gasteiger partial charge in [-0.2, -0.15) is 0 Å². The Morgan fingerprint density at radius 3 is 1.48 bits per heavy atom. The Bertz CT molecular complexity index is 1180. The zero-order valence-corrected chi connectivity index (χ0v) is 36.9. The van der Waals surface area contributed by atoms with Gasteiger partial charge in [0.2, 0.25) is 0 Å². The van der Waals surface area contributed by atoms with Crippen LogP contribution in [-0.2, 0) is 32.7 Å². The lowest BCUT2D eigenvalue weighted by molar-refractivity contribution is -0.870. The average molecular weight is 806 g/mol. The fourth-order valence-corrected chi connectivity index (χ4v) is 6.11. The fourth-order valence-electron chi connectivity index (χ4n) is 5.39. The number of ether oxygens (including phenoxy) is 2. The molecule has 0 rings (SSSR count). The number of hydrogen-bond acceptors (Lipinski definition) is 8. The highest BCUT2D eigenvalue weighted by atomic mass is 31.2. The zero-order valence-electron chi connectivity index (χ0n) is 36.1. The van der Waals surface area contributed by atoms with Crippen LogP contribution < -0.4 is 4.89 Å². The number of hydrogen-bond donors (Lipinski definition) is 0. The summed E-state index contributed by atoms with van der Waals surface area (Å²) in [7, 11) is 1.11. The second kappa shape index (κ2) is 38.0. The molecular formula is C46H80NO8P. The number of nitrogens with zero attached hydrogens (tertiary/aromatic N) is 1. The Labute approximate surface area is 342 Å². The zero-order chi connectivity index (χ0) is 41.4. The number of unbranched alkanes of at least 4 members (excludes halogenated alkanes) is 12. The van der Waals surface area contributed by atoms with Gasteiger partial charge in [-0.05, 0) is 51.4 Å². The van der Waals surface area contributed by atoms with Crippen LogP contribution in [0.4, 0.5) is 0 Å². The van der Waals surface area contributed by atoms with Crippen molar-refractivity contribution in [1.82, 2.24) is 0 Å². The first-order chi connectivity index (χ1) is 27.0. The van der Waals surface area contributed by atoms with E-state index < -0.39 is 32.5 Å². The molecule has 0 aromatic rings. The molecule has 9 nitrogen and oxygen atoms in total. The number of esters is 2. The molecule has 0 saturated carbocycles. The third-order valence-electron chi connectivity index (χ3n) is 8.75. The number of rotatable bonds is 38. The minimum atomic E-state index is -4.65. The Morgan fingerprint density at radius 2 is 1.02 bits per heavy atom. The summed E-state index contributed by atoms with van der Waals surface area (Å²) in [4.78, 5) is 37.5. The van der Waals surface area contributed by atoms with Crippen LogP contribution in [0, 0.1) is 0 Å². The van der Waals surface area contributed by atoms with Gasteiger partial charge in [0.15, 0.2) is 6.10 Å². The van der Waals surface area contributed by atoms with Gasteiger partial charge in [-0.25, -0.2) is 0 Å². The van der Waals surface area contributed by atoms with E-state index in [0.717, 1.165) is 57.8 Å². The van der Waals surface area contributed by atoms with E-state index in [2.05, 4.69) is 74.6 Å². The summed E-state index contributed by atoms with van der Waals surface area (Å²) in [6.07, 6.45) is 46.6. The van der Waals surface area contributed by atoms with Crippen LogP contribution in [0.25, 0.3) is 0 Å². The van der Waals surface area contributed by atoms with Crippen LogP contribution in [0.5, 0.6) is 0 Å². The number of likely N-dealkylation sites (N-methyl/N-ethyl adjacent to an activating group) is 1. The van der Waals surface area contributed by atoms with Crippen LogP contribution in [0.1, 0.15) is 155 Å². The summed E-state index contributed by atoms with van der Waals surface area (Å²) >= 11 is 0. The van der Waals surface area contributed by atoms with Gasteiger partial charge in [0.25, 0.3) is 7.82 Å². The molecule has 2 unspecified atom stereocenters. The van der Waals surface area contributed by atoms with Crippen molar-refractivity contribution in [2.75, 3.05) is 47.5 Å². The van der Waals surface area contributed by atoms with Crippen molar-refractivity contribution in [3.63, 3.8) is 0 Å². The maximum absolute atomic E-state index is 12.6. The Hall–Kier alpha value is -2.55. The van der Waals surface area contributed by atoms with Crippen LogP contribution in [0.2, 0.25) is 0 Å². The number of phosphoric ester groups is 1. The van der Waals surface area contributed by atoms with Gasteiger partial charge in [0.05, 0.1) is 27.7 Å². The van der Waals surface area contributed by atoms with E-state index in [-0.39, 0.29) is 26.1 Å². The Morgan fingerprint density at radius 1 is 0.571 bits per heavy atom. The molecule has 0 aliphatic carbocycles. The standard InChI is InChI=1S/C46H80NO8P/c1-6-8-10-12-14-16-18-20-21-22-23-24-25-27-29-31-33-35-37-39-46(49)55-44(43-54-56(50,51)53-41-40-47(3,4)5)42-52-45(48)38-36-34-32-30-28-26-19-17-15-13-11-9-7-2/h8,10,14,16,20-21,23-24,27,29,33,35,44H,6-7,9,11-13,15,17-19,22,25-26,28,30-32,34,36-43H2,1-5H3/b10-8-,16-14-,21-20-,24-23-,29-27-,35-33-. The largest absolute Gasteiger partial charge is 0.756 e. The minimum Gasteiger partial charge on any atom is -0.756 e. The maximum Gasteiger partial charge on any atom is 0.306 e. The van der Waals surface area contributed by atoms with Crippen LogP contribution >= 0.6 is 7.82 Å². The van der Waals surface area contributed by atoms with Crippen molar-refractivity contribution in [3.05, 3.63) is 72.9 Å². The summed E-state index contributed by atoms with van der Waals surface area (Å²) in [5.74, 6) is -0.936. The lowest BCUT2D eigenvalue weighted by atomic mass is 10.0. The van der Waals surface area contributed by atoms with E-state index >= 15 is 0 Å². The van der Waals surface area contributed by atoms with Crippen molar-refractivity contribution in [3.8, 4) is 0 Å². The second-order valence-corrected chi connectivity index (χ2v) is 16.7. The van der Waals surface area contributed by atoms with Crippen molar-refractivity contribution < 1.29 is 42.1 Å². The number of allylic oxidation sites excluding steroid dienone is 12. The van der Waals surface area contributed by atoms with Gasteiger partial charge in [-0.3, -0.25) is 14.2 Å². The van der Waals surface area contributed by atoms with Crippen LogP contribution in [0.15, 0.2) is 72.9 Å². The van der Waals surface area contributed by atoms with E-state index in [1.54, 1.807) is 0 Å². The quantitative estimate of drug-likeness (QED) is 0.0199. The molecule has 0 saturated heterocycles.